The van der Waals surface area contributed by atoms with Crippen molar-refractivity contribution in [2.24, 2.45) is 0 Å². The van der Waals surface area contributed by atoms with Gasteiger partial charge in [0.25, 0.3) is 0 Å². The molecule has 0 aliphatic rings. The largest absolute Gasteiger partial charge is 0.481 e. The van der Waals surface area contributed by atoms with Crippen LogP contribution in [0.3, 0.4) is 0 Å². The summed E-state index contributed by atoms with van der Waals surface area (Å²) in [7, 11) is 7.34. The van der Waals surface area contributed by atoms with Crippen molar-refractivity contribution in [3.8, 4) is 0 Å². The molecule has 0 aliphatic heterocycles. The normalized spacial score (nSPS) is 10.8. The van der Waals surface area contributed by atoms with Crippen molar-refractivity contribution in [1.29, 1.82) is 0 Å². The first-order valence-corrected chi connectivity index (χ1v) is 10.8. The number of anilines is 3. The maximum absolute atomic E-state index is 12.2. The Bertz CT molecular complexity index is 1140. The van der Waals surface area contributed by atoms with Gasteiger partial charge in [0.1, 0.15) is 17.5 Å². The topological polar surface area (TPSA) is 98.7 Å². The highest BCUT2D eigenvalue weighted by Crippen LogP contribution is 2.27. The van der Waals surface area contributed by atoms with Gasteiger partial charge < -0.3 is 20.2 Å². The van der Waals surface area contributed by atoms with Crippen molar-refractivity contribution in [2.75, 3.05) is 43.3 Å². The van der Waals surface area contributed by atoms with E-state index in [1.165, 1.54) is 6.08 Å². The summed E-state index contributed by atoms with van der Waals surface area (Å²) in [5, 5.41) is 12.2. The van der Waals surface area contributed by atoms with Gasteiger partial charge in [-0.1, -0.05) is 42.5 Å². The van der Waals surface area contributed by atoms with Crippen LogP contribution in [0.1, 0.15) is 22.5 Å². The summed E-state index contributed by atoms with van der Waals surface area (Å²) in [6, 6.07) is 17.1. The predicted octanol–water partition coefficient (Wildman–Crippen LogP) is 3.48. The maximum atomic E-state index is 12.2. The van der Waals surface area contributed by atoms with Gasteiger partial charge in [0, 0.05) is 51.9 Å². The Kier molecular flexibility index (Phi) is 7.97. The molecule has 1 amide bonds. The van der Waals surface area contributed by atoms with Crippen LogP contribution in [0.5, 0.6) is 0 Å². The zero-order valence-electron chi connectivity index (χ0n) is 19.8. The van der Waals surface area contributed by atoms with E-state index < -0.39 is 5.97 Å². The second kappa shape index (κ2) is 11.1. The highest BCUT2D eigenvalue weighted by Gasteiger charge is 2.20. The highest BCUT2D eigenvalue weighted by atomic mass is 16.4. The van der Waals surface area contributed by atoms with E-state index in [1.54, 1.807) is 15.9 Å². The van der Waals surface area contributed by atoms with E-state index in [2.05, 4.69) is 15.3 Å². The van der Waals surface area contributed by atoms with Crippen LogP contribution in [0.4, 0.5) is 17.3 Å². The molecule has 2 N–H and O–H groups in total. The molecule has 0 fully saturated rings. The van der Waals surface area contributed by atoms with Crippen LogP contribution < -0.4 is 15.1 Å². The molecule has 0 unspecified atom stereocenters. The van der Waals surface area contributed by atoms with Crippen molar-refractivity contribution in [3.63, 3.8) is 0 Å². The first kappa shape index (κ1) is 24.4. The molecule has 0 saturated carbocycles. The Hall–Kier alpha value is -4.20. The fourth-order valence-corrected chi connectivity index (χ4v) is 3.44. The van der Waals surface area contributed by atoms with Gasteiger partial charge in [-0.3, -0.25) is 9.59 Å². The third kappa shape index (κ3) is 6.65. The molecule has 0 atom stereocenters. The summed E-state index contributed by atoms with van der Waals surface area (Å²) in [5.74, 6) is 0.624. The summed E-state index contributed by atoms with van der Waals surface area (Å²) in [6.07, 6.45) is 3.58. The number of hydrogen-bond donors (Lipinski definition) is 2. The van der Waals surface area contributed by atoms with Gasteiger partial charge in [-0.2, -0.15) is 0 Å². The van der Waals surface area contributed by atoms with Gasteiger partial charge in [0.15, 0.2) is 0 Å². The van der Waals surface area contributed by atoms with Crippen molar-refractivity contribution >= 4 is 35.3 Å². The molecule has 1 heterocycles. The second-order valence-corrected chi connectivity index (χ2v) is 8.23. The third-order valence-corrected chi connectivity index (χ3v) is 5.00. The number of nitrogens with zero attached hydrogens (tertiary/aromatic N) is 4. The predicted molar refractivity (Wildman–Crippen MR) is 135 cm³/mol. The summed E-state index contributed by atoms with van der Waals surface area (Å²) in [4.78, 5) is 36.5. The van der Waals surface area contributed by atoms with Crippen molar-refractivity contribution in [2.45, 2.75) is 12.8 Å². The molecule has 34 heavy (non-hydrogen) atoms. The summed E-state index contributed by atoms with van der Waals surface area (Å²) in [6.45, 7) is 0. The number of rotatable bonds is 9. The Labute approximate surface area is 199 Å². The number of amides is 1. The first-order valence-electron chi connectivity index (χ1n) is 10.8. The zero-order chi connectivity index (χ0) is 24.7. The van der Waals surface area contributed by atoms with Crippen LogP contribution in [-0.2, 0) is 22.4 Å². The van der Waals surface area contributed by atoms with Crippen LogP contribution in [0.25, 0.3) is 6.08 Å². The maximum Gasteiger partial charge on any atom is 0.308 e. The average molecular weight is 460 g/mol. The molecule has 0 bridgehead atoms. The van der Waals surface area contributed by atoms with Gasteiger partial charge in [-0.15, -0.1) is 0 Å². The van der Waals surface area contributed by atoms with Crippen LogP contribution in [-0.4, -0.2) is 55.1 Å². The molecular formula is C26H29N5O3. The van der Waals surface area contributed by atoms with E-state index in [9.17, 15) is 14.7 Å². The first-order chi connectivity index (χ1) is 16.2. The molecule has 176 valence electrons. The van der Waals surface area contributed by atoms with Gasteiger partial charge in [0.05, 0.1) is 6.42 Å². The van der Waals surface area contributed by atoms with E-state index in [1.807, 2.05) is 82.8 Å². The molecule has 1 aromatic heterocycles. The Balaban J connectivity index is 1.75. The number of carbonyl (C=O) groups is 2. The van der Waals surface area contributed by atoms with Crippen LogP contribution in [0.15, 0.2) is 60.7 Å². The number of aliphatic carboxylic acids is 1. The quantitative estimate of drug-likeness (QED) is 0.473. The van der Waals surface area contributed by atoms with Gasteiger partial charge in [-0.25, -0.2) is 9.97 Å². The van der Waals surface area contributed by atoms with Gasteiger partial charge in [0.2, 0.25) is 5.91 Å². The minimum absolute atomic E-state index is 0.158. The number of carboxylic acids is 1. The van der Waals surface area contributed by atoms with Gasteiger partial charge >= 0.3 is 5.97 Å². The molecule has 0 saturated heterocycles. The smallest absolute Gasteiger partial charge is 0.308 e. The van der Waals surface area contributed by atoms with Crippen LogP contribution in [0, 0.1) is 0 Å². The molecule has 2 aromatic carbocycles. The summed E-state index contributed by atoms with van der Waals surface area (Å²) in [5.41, 5.74) is 3.19. The number of nitrogens with one attached hydrogen (secondary N) is 1. The molecule has 0 aliphatic carbocycles. The van der Waals surface area contributed by atoms with Crippen molar-refractivity contribution in [1.82, 2.24) is 9.97 Å². The van der Waals surface area contributed by atoms with E-state index in [0.29, 0.717) is 35.1 Å². The van der Waals surface area contributed by atoms with Crippen molar-refractivity contribution in [3.05, 3.63) is 83.2 Å². The fraction of sp³-hybridized carbons (Fsp3) is 0.231. The molecule has 0 radical (unpaired) electrons. The molecule has 0 spiro atoms. The average Bonchev–Trinajstić information content (AvgIpc) is 2.80. The molecule has 8 heteroatoms. The Morgan fingerprint density at radius 1 is 0.912 bits per heavy atom. The van der Waals surface area contributed by atoms with E-state index in [-0.39, 0.29) is 12.3 Å². The minimum atomic E-state index is -0.932. The summed E-state index contributed by atoms with van der Waals surface area (Å²) >= 11 is 0. The van der Waals surface area contributed by atoms with E-state index in [4.69, 9.17) is 0 Å². The Morgan fingerprint density at radius 2 is 1.50 bits per heavy atom. The number of hydrogen-bond acceptors (Lipinski definition) is 6. The number of carboxylic acid groups (broad SMARTS) is 1. The standard InChI is InChI=1S/C26H29N5O3/c1-30(2)25-21(17-24(33)34)26(31(3)4)29-22(28-25)16-19-10-13-20(14-11-19)27-23(32)15-12-18-8-6-5-7-9-18/h5-15H,16-17H2,1-4H3,(H,27,32)(H,33,34)/b15-12+. The minimum Gasteiger partial charge on any atom is -0.481 e. The SMILES string of the molecule is CN(C)c1nc(Cc2ccc(NC(=O)/C=C/c3ccccc3)cc2)nc(N(C)C)c1CC(=O)O. The monoisotopic (exact) mass is 459 g/mol. The zero-order valence-corrected chi connectivity index (χ0v) is 19.8. The van der Waals surface area contributed by atoms with Gasteiger partial charge in [-0.05, 0) is 29.3 Å². The number of benzene rings is 2. The van der Waals surface area contributed by atoms with Crippen LogP contribution in [0.2, 0.25) is 0 Å². The fourth-order valence-electron chi connectivity index (χ4n) is 3.44. The highest BCUT2D eigenvalue weighted by molar-refractivity contribution is 6.01. The lowest BCUT2D eigenvalue weighted by Crippen LogP contribution is -2.22. The number of carbonyl (C=O) groups excluding carboxylic acids is 1. The van der Waals surface area contributed by atoms with Crippen LogP contribution >= 0.6 is 0 Å². The second-order valence-electron chi connectivity index (χ2n) is 8.23. The molecule has 8 nitrogen and oxygen atoms in total. The number of aromatic nitrogens is 2. The van der Waals surface area contributed by atoms with Crippen molar-refractivity contribution < 1.29 is 14.7 Å². The lowest BCUT2D eigenvalue weighted by atomic mass is 10.1. The summed E-state index contributed by atoms with van der Waals surface area (Å²) < 4.78 is 0. The van der Waals surface area contributed by atoms with E-state index in [0.717, 1.165) is 11.1 Å². The molecule has 3 aromatic rings. The van der Waals surface area contributed by atoms with E-state index >= 15 is 0 Å². The third-order valence-electron chi connectivity index (χ3n) is 5.00. The Morgan fingerprint density at radius 3 is 2.03 bits per heavy atom. The molecular weight excluding hydrogens is 430 g/mol. The lowest BCUT2D eigenvalue weighted by Gasteiger charge is -2.22. The molecule has 3 rings (SSSR count). The lowest BCUT2D eigenvalue weighted by molar-refractivity contribution is -0.136.